The lowest BCUT2D eigenvalue weighted by atomic mass is 10.2. The Morgan fingerprint density at radius 1 is 1.32 bits per heavy atom. The average molecular weight is 366 g/mol. The third-order valence-corrected chi connectivity index (χ3v) is 7.73. The van der Waals surface area contributed by atoms with Crippen molar-refractivity contribution in [2.24, 2.45) is 0 Å². The van der Waals surface area contributed by atoms with Gasteiger partial charge in [0.1, 0.15) is 6.10 Å². The Balaban J connectivity index is 2.76. The minimum absolute atomic E-state index is 0.215. The second-order valence-corrected chi connectivity index (χ2v) is 9.69. The summed E-state index contributed by atoms with van der Waals surface area (Å²) in [5.41, 5.74) is 0. The van der Waals surface area contributed by atoms with Crippen molar-refractivity contribution in [3.05, 3.63) is 0 Å². The lowest BCUT2D eigenvalue weighted by Gasteiger charge is -2.37. The minimum atomic E-state index is -1.28. The van der Waals surface area contributed by atoms with E-state index in [2.05, 4.69) is 38.4 Å². The van der Waals surface area contributed by atoms with Gasteiger partial charge < -0.3 is 14.2 Å². The molecule has 1 N–H and O–H groups in total. The molecule has 3 atom stereocenters. The molecule has 5 nitrogen and oxygen atoms in total. The van der Waals surface area contributed by atoms with Crippen LogP contribution in [0.1, 0.15) is 40.5 Å². The molecule has 1 unspecified atom stereocenters. The van der Waals surface area contributed by atoms with E-state index in [-0.39, 0.29) is 18.2 Å². The van der Waals surface area contributed by atoms with E-state index in [0.717, 1.165) is 17.9 Å². The van der Waals surface area contributed by atoms with Crippen LogP contribution in [0.3, 0.4) is 0 Å². The van der Waals surface area contributed by atoms with Gasteiger partial charge >= 0.3 is 0 Å². The van der Waals surface area contributed by atoms with Gasteiger partial charge in [0.2, 0.25) is 0 Å². The van der Waals surface area contributed by atoms with Crippen LogP contribution in [0, 0.1) is 11.3 Å². The van der Waals surface area contributed by atoms with E-state index in [1.54, 1.807) is 21.6 Å². The maximum Gasteiger partial charge on any atom is 0.259 e. The first-order chi connectivity index (χ1) is 10.5. The molecule has 1 fully saturated rings. The number of rotatable bonds is 8. The summed E-state index contributed by atoms with van der Waals surface area (Å²) in [7, 11) is 2.24. The van der Waals surface area contributed by atoms with Crippen molar-refractivity contribution in [2.75, 3.05) is 18.1 Å². The number of hydrogen-bond acceptors (Lipinski definition) is 7. The van der Waals surface area contributed by atoms with Gasteiger partial charge in [-0.05, 0) is 34.1 Å². The fourth-order valence-electron chi connectivity index (χ4n) is 2.15. The van der Waals surface area contributed by atoms with Gasteiger partial charge in [-0.2, -0.15) is 5.26 Å². The molecule has 1 aliphatic rings. The van der Waals surface area contributed by atoms with Crippen LogP contribution in [-0.2, 0) is 9.05 Å². The number of hydrogen-bond donors (Lipinski definition) is 1. The van der Waals surface area contributed by atoms with E-state index < -0.39 is 14.6 Å². The van der Waals surface area contributed by atoms with E-state index in [0.29, 0.717) is 13.0 Å². The maximum absolute atomic E-state index is 10.3. The fourth-order valence-corrected chi connectivity index (χ4v) is 6.31. The standard InChI is InChI=1S/C14H27N2O3PS2/c1-11(2)16(12(3)4)20(18-8-5-7-15)19-14-10-22-21-9-6-13(14)17/h11-14,17H,5-6,8-10H2,1-4H3/t13-,14-,20?/m0/s1. The quantitative estimate of drug-likeness (QED) is 0.398. The lowest BCUT2D eigenvalue weighted by Crippen LogP contribution is -2.37. The van der Waals surface area contributed by atoms with Crippen LogP contribution in [0.2, 0.25) is 0 Å². The highest BCUT2D eigenvalue weighted by atomic mass is 33.1. The van der Waals surface area contributed by atoms with Crippen molar-refractivity contribution in [3.63, 3.8) is 0 Å². The molecule has 1 saturated heterocycles. The summed E-state index contributed by atoms with van der Waals surface area (Å²) in [6.45, 7) is 8.81. The van der Waals surface area contributed by atoms with Crippen LogP contribution in [0.5, 0.6) is 0 Å². The summed E-state index contributed by atoms with van der Waals surface area (Å²) in [5.74, 6) is 1.70. The number of nitrogens with zero attached hydrogens (tertiary/aromatic N) is 2. The molecule has 0 radical (unpaired) electrons. The average Bonchev–Trinajstić information content (AvgIpc) is 2.63. The summed E-state index contributed by atoms with van der Waals surface area (Å²) in [6, 6.07) is 2.65. The van der Waals surface area contributed by atoms with Gasteiger partial charge in [-0.25, -0.2) is 4.67 Å². The van der Waals surface area contributed by atoms with E-state index in [1.807, 2.05) is 0 Å². The summed E-state index contributed by atoms with van der Waals surface area (Å²) in [5, 5.41) is 19.0. The Labute approximate surface area is 143 Å². The van der Waals surface area contributed by atoms with Crippen molar-refractivity contribution in [3.8, 4) is 6.07 Å². The Kier molecular flexibility index (Phi) is 10.3. The number of nitriles is 1. The monoisotopic (exact) mass is 366 g/mol. The predicted octanol–water partition coefficient (Wildman–Crippen LogP) is 3.79. The van der Waals surface area contributed by atoms with Gasteiger partial charge in [0.05, 0.1) is 25.2 Å². The minimum Gasteiger partial charge on any atom is -0.390 e. The van der Waals surface area contributed by atoms with E-state index in [9.17, 15) is 5.11 Å². The highest BCUT2D eigenvalue weighted by Crippen LogP contribution is 2.48. The molecule has 0 saturated carbocycles. The molecule has 128 valence electrons. The molecular formula is C14H27N2O3PS2. The Morgan fingerprint density at radius 2 is 2.00 bits per heavy atom. The molecule has 1 rings (SSSR count). The molecule has 22 heavy (non-hydrogen) atoms. The Hall–Kier alpha value is 0.460. The number of aliphatic hydroxyl groups excluding tert-OH is 1. The fraction of sp³-hybridized carbons (Fsp3) is 0.929. The smallest absolute Gasteiger partial charge is 0.259 e. The zero-order valence-electron chi connectivity index (χ0n) is 13.8. The zero-order valence-corrected chi connectivity index (χ0v) is 16.3. The normalized spacial score (nSPS) is 24.5. The Bertz CT molecular complexity index is 347. The van der Waals surface area contributed by atoms with E-state index >= 15 is 0 Å². The van der Waals surface area contributed by atoms with Crippen LogP contribution >= 0.6 is 30.1 Å². The highest BCUT2D eigenvalue weighted by Gasteiger charge is 2.33. The summed E-state index contributed by atoms with van der Waals surface area (Å²) in [6.07, 6.45) is 0.429. The molecule has 1 heterocycles. The zero-order chi connectivity index (χ0) is 16.5. The molecule has 0 bridgehead atoms. The van der Waals surface area contributed by atoms with Gasteiger partial charge in [0, 0.05) is 23.6 Å². The van der Waals surface area contributed by atoms with Crippen LogP contribution in [0.25, 0.3) is 0 Å². The predicted molar refractivity (Wildman–Crippen MR) is 95.6 cm³/mol. The molecule has 1 aliphatic heterocycles. The molecule has 8 heteroatoms. The van der Waals surface area contributed by atoms with Crippen LogP contribution in [-0.4, -0.2) is 52.2 Å². The van der Waals surface area contributed by atoms with Gasteiger partial charge in [0.15, 0.2) is 0 Å². The first-order valence-corrected chi connectivity index (χ1v) is 11.3. The van der Waals surface area contributed by atoms with Crippen molar-refractivity contribution < 1.29 is 14.2 Å². The van der Waals surface area contributed by atoms with E-state index in [4.69, 9.17) is 14.3 Å². The number of aliphatic hydroxyl groups is 1. The van der Waals surface area contributed by atoms with Gasteiger partial charge in [-0.15, -0.1) is 0 Å². The first kappa shape index (κ1) is 20.5. The van der Waals surface area contributed by atoms with Crippen molar-refractivity contribution >= 4 is 30.1 Å². The van der Waals surface area contributed by atoms with Crippen molar-refractivity contribution in [1.82, 2.24) is 4.67 Å². The molecule has 0 aromatic rings. The van der Waals surface area contributed by atoms with Gasteiger partial charge in [-0.3, -0.25) is 0 Å². The molecule has 0 amide bonds. The molecule has 0 aliphatic carbocycles. The van der Waals surface area contributed by atoms with Gasteiger partial charge in [0.25, 0.3) is 8.53 Å². The second-order valence-electron chi connectivity index (χ2n) is 5.65. The lowest BCUT2D eigenvalue weighted by molar-refractivity contribution is 0.0352. The second kappa shape index (κ2) is 11.1. The van der Waals surface area contributed by atoms with Crippen LogP contribution in [0.4, 0.5) is 0 Å². The van der Waals surface area contributed by atoms with Crippen molar-refractivity contribution in [2.45, 2.75) is 64.8 Å². The van der Waals surface area contributed by atoms with E-state index in [1.165, 1.54) is 0 Å². The summed E-state index contributed by atoms with van der Waals surface area (Å²) >= 11 is 0. The van der Waals surface area contributed by atoms with Crippen LogP contribution in [0.15, 0.2) is 0 Å². The topological polar surface area (TPSA) is 65.7 Å². The third-order valence-electron chi connectivity index (χ3n) is 3.13. The Morgan fingerprint density at radius 3 is 2.59 bits per heavy atom. The van der Waals surface area contributed by atoms with Gasteiger partial charge in [-0.1, -0.05) is 21.6 Å². The van der Waals surface area contributed by atoms with Crippen molar-refractivity contribution in [1.29, 1.82) is 5.26 Å². The largest absolute Gasteiger partial charge is 0.390 e. The third kappa shape index (κ3) is 6.92. The molecule has 0 aromatic heterocycles. The molecule has 0 spiro atoms. The summed E-state index contributed by atoms with van der Waals surface area (Å²) < 4.78 is 14.3. The highest BCUT2D eigenvalue weighted by molar-refractivity contribution is 8.76. The first-order valence-electron chi connectivity index (χ1n) is 7.64. The SMILES string of the molecule is CC(C)N(C(C)C)P(OCCC#N)O[C@H]1CSSCC[C@@H]1O. The molecular weight excluding hydrogens is 339 g/mol. The molecule has 0 aromatic carbocycles. The van der Waals surface area contributed by atoms with Crippen LogP contribution < -0.4 is 0 Å². The maximum atomic E-state index is 10.3. The summed E-state index contributed by atoms with van der Waals surface area (Å²) in [4.78, 5) is 0.